The summed E-state index contributed by atoms with van der Waals surface area (Å²) < 4.78 is 2.36. The quantitative estimate of drug-likeness (QED) is 0.538. The highest BCUT2D eigenvalue weighted by atomic mass is 16.5. The number of aromatic nitrogens is 2. The van der Waals surface area contributed by atoms with Gasteiger partial charge in [0.05, 0.1) is 6.20 Å². The van der Waals surface area contributed by atoms with E-state index in [0.29, 0.717) is 5.56 Å². The first-order valence-electron chi connectivity index (χ1n) is 5.50. The summed E-state index contributed by atoms with van der Waals surface area (Å²) in [7, 11) is 1.75. The third-order valence-electron chi connectivity index (χ3n) is 3.86. The summed E-state index contributed by atoms with van der Waals surface area (Å²) in [5.74, 6) is 0.133. The van der Waals surface area contributed by atoms with Crippen molar-refractivity contribution >= 4 is 5.84 Å². The summed E-state index contributed by atoms with van der Waals surface area (Å²) in [6.45, 7) is 7.09. The number of rotatable bonds is 1. The number of hydrogen-bond donors (Lipinski definition) is 0. The van der Waals surface area contributed by atoms with Crippen LogP contribution < -0.4 is 0 Å². The van der Waals surface area contributed by atoms with Crippen molar-refractivity contribution in [2.45, 2.75) is 38.8 Å². The van der Waals surface area contributed by atoms with E-state index in [0.717, 1.165) is 9.80 Å². The van der Waals surface area contributed by atoms with Crippen molar-refractivity contribution < 1.29 is 9.95 Å². The van der Waals surface area contributed by atoms with Gasteiger partial charge in [0.2, 0.25) is 0 Å². The molecule has 0 atom stereocenters. The predicted octanol–water partition coefficient (Wildman–Crippen LogP) is 0.895. The van der Waals surface area contributed by atoms with Gasteiger partial charge in [-0.05, 0) is 27.7 Å². The molecule has 0 aromatic carbocycles. The molecule has 0 spiro atoms. The maximum atomic E-state index is 12.3. The fourth-order valence-corrected chi connectivity index (χ4v) is 1.88. The molecule has 2 heterocycles. The smallest absolute Gasteiger partial charge is 0.319 e. The molecular weight excluding hydrogens is 220 g/mol. The average molecular weight is 237 g/mol. The second-order valence-corrected chi connectivity index (χ2v) is 5.43. The van der Waals surface area contributed by atoms with Crippen LogP contribution in [0.25, 0.3) is 0 Å². The standard InChI is InChI=1S/C11H17N4O2/c1-10(2)11(3,4)15(17)9(14(10)16)8-6-12-13(5)7-8/h6-7H,1-5H3. The van der Waals surface area contributed by atoms with Gasteiger partial charge in [0.15, 0.2) is 5.54 Å². The van der Waals surface area contributed by atoms with Crippen LogP contribution >= 0.6 is 0 Å². The largest absolute Gasteiger partial charge is 0.714 e. The average Bonchev–Trinajstić information content (AvgIpc) is 2.67. The number of nitrogens with zero attached hydrogens (tertiary/aromatic N) is 4. The Bertz CT molecular complexity index is 487. The Morgan fingerprint density at radius 1 is 1.35 bits per heavy atom. The molecule has 17 heavy (non-hydrogen) atoms. The van der Waals surface area contributed by atoms with E-state index in [1.165, 1.54) is 6.20 Å². The Hall–Kier alpha value is -1.56. The molecule has 0 amide bonds. The van der Waals surface area contributed by atoms with Crippen molar-refractivity contribution in [3.63, 3.8) is 0 Å². The first-order chi connectivity index (χ1) is 7.69. The molecule has 1 aliphatic rings. The minimum Gasteiger partial charge on any atom is -0.714 e. The summed E-state index contributed by atoms with van der Waals surface area (Å²) in [5, 5.41) is 29.3. The van der Waals surface area contributed by atoms with Crippen LogP contribution in [0.1, 0.15) is 33.3 Å². The van der Waals surface area contributed by atoms with Crippen LogP contribution in [0.5, 0.6) is 0 Å². The third kappa shape index (κ3) is 1.37. The van der Waals surface area contributed by atoms with Gasteiger partial charge in [-0.25, -0.2) is 0 Å². The van der Waals surface area contributed by atoms with Gasteiger partial charge in [0.1, 0.15) is 11.1 Å². The molecule has 0 saturated carbocycles. The van der Waals surface area contributed by atoms with Crippen LogP contribution in [0, 0.1) is 5.21 Å². The molecule has 0 unspecified atom stereocenters. The highest BCUT2D eigenvalue weighted by molar-refractivity contribution is 5.95. The van der Waals surface area contributed by atoms with Crippen molar-refractivity contribution in [3.8, 4) is 0 Å². The Morgan fingerprint density at radius 3 is 2.29 bits per heavy atom. The number of hydrogen-bond acceptors (Lipinski definition) is 3. The molecule has 1 aromatic heterocycles. The van der Waals surface area contributed by atoms with E-state index in [9.17, 15) is 10.4 Å². The van der Waals surface area contributed by atoms with Gasteiger partial charge in [-0.1, -0.05) is 5.06 Å². The van der Waals surface area contributed by atoms with Gasteiger partial charge in [-0.15, -0.1) is 0 Å². The van der Waals surface area contributed by atoms with Crippen LogP contribution in [0.3, 0.4) is 0 Å². The fourth-order valence-electron chi connectivity index (χ4n) is 1.88. The van der Waals surface area contributed by atoms with E-state index in [2.05, 4.69) is 5.10 Å². The molecule has 0 fully saturated rings. The van der Waals surface area contributed by atoms with E-state index in [4.69, 9.17) is 0 Å². The van der Waals surface area contributed by atoms with Gasteiger partial charge < -0.3 is 5.21 Å². The van der Waals surface area contributed by atoms with Crippen molar-refractivity contribution in [1.82, 2.24) is 14.8 Å². The molecule has 2 rings (SSSR count). The normalized spacial score (nSPS) is 22.4. The Morgan fingerprint density at radius 2 is 1.94 bits per heavy atom. The van der Waals surface area contributed by atoms with E-state index >= 15 is 0 Å². The highest BCUT2D eigenvalue weighted by Crippen LogP contribution is 2.37. The van der Waals surface area contributed by atoms with Crippen LogP contribution in [0.4, 0.5) is 0 Å². The summed E-state index contributed by atoms with van der Waals surface area (Å²) in [6, 6.07) is 0. The van der Waals surface area contributed by atoms with Crippen molar-refractivity contribution in [2.75, 3.05) is 0 Å². The SMILES string of the molecule is Cn1cc(C2=[N+]([O-])C(C)(C)C(C)(C)N2[O])cn1. The van der Waals surface area contributed by atoms with Gasteiger partial charge >= 0.3 is 5.84 Å². The maximum Gasteiger partial charge on any atom is 0.319 e. The Balaban J connectivity index is 2.58. The van der Waals surface area contributed by atoms with Crippen LogP contribution in [-0.4, -0.2) is 36.5 Å². The minimum absolute atomic E-state index is 0.133. The van der Waals surface area contributed by atoms with E-state index in [-0.39, 0.29) is 5.84 Å². The zero-order valence-electron chi connectivity index (χ0n) is 10.8. The lowest BCUT2D eigenvalue weighted by Gasteiger charge is -2.32. The molecule has 6 nitrogen and oxygen atoms in total. The molecule has 0 aliphatic carbocycles. The highest BCUT2D eigenvalue weighted by Gasteiger charge is 2.60. The third-order valence-corrected chi connectivity index (χ3v) is 3.86. The fraction of sp³-hybridized carbons (Fsp3) is 0.636. The van der Waals surface area contributed by atoms with E-state index in [1.54, 1.807) is 45.6 Å². The van der Waals surface area contributed by atoms with Crippen molar-refractivity contribution in [3.05, 3.63) is 23.2 Å². The molecule has 0 bridgehead atoms. The molecule has 1 aromatic rings. The lowest BCUT2D eigenvalue weighted by atomic mass is 9.84. The molecule has 93 valence electrons. The summed E-state index contributed by atoms with van der Waals surface area (Å²) in [4.78, 5) is 0. The molecule has 1 radical (unpaired) electrons. The lowest BCUT2D eigenvalue weighted by Crippen LogP contribution is -2.53. The summed E-state index contributed by atoms with van der Waals surface area (Å²) in [6.07, 6.45) is 3.20. The molecular formula is C11H17N4O2. The molecule has 0 N–H and O–H groups in total. The van der Waals surface area contributed by atoms with E-state index in [1.807, 2.05) is 0 Å². The second-order valence-electron chi connectivity index (χ2n) is 5.43. The van der Waals surface area contributed by atoms with Gasteiger partial charge in [-0.2, -0.15) is 5.10 Å². The first-order valence-corrected chi connectivity index (χ1v) is 5.50. The topological polar surface area (TPSA) is 67.0 Å². The summed E-state index contributed by atoms with van der Waals surface area (Å²) >= 11 is 0. The van der Waals surface area contributed by atoms with Gasteiger partial charge in [-0.3, -0.25) is 9.42 Å². The van der Waals surface area contributed by atoms with Crippen molar-refractivity contribution in [1.29, 1.82) is 0 Å². The number of aryl methyl sites for hydroxylation is 1. The van der Waals surface area contributed by atoms with Crippen LogP contribution in [0.2, 0.25) is 0 Å². The van der Waals surface area contributed by atoms with Crippen LogP contribution in [0.15, 0.2) is 12.4 Å². The molecule has 6 heteroatoms. The minimum atomic E-state index is -0.778. The first kappa shape index (κ1) is 11.9. The van der Waals surface area contributed by atoms with E-state index < -0.39 is 11.1 Å². The predicted molar refractivity (Wildman–Crippen MR) is 61.6 cm³/mol. The van der Waals surface area contributed by atoms with Gasteiger partial charge in [0, 0.05) is 18.5 Å². The zero-order valence-corrected chi connectivity index (χ0v) is 10.8. The Kier molecular flexibility index (Phi) is 2.26. The molecule has 1 aliphatic heterocycles. The zero-order chi connectivity index (χ0) is 13.0. The van der Waals surface area contributed by atoms with Crippen molar-refractivity contribution in [2.24, 2.45) is 7.05 Å². The summed E-state index contributed by atoms with van der Waals surface area (Å²) in [5.41, 5.74) is -1.00. The number of amidine groups is 1. The van der Waals surface area contributed by atoms with Gasteiger partial charge in [0.25, 0.3) is 0 Å². The lowest BCUT2D eigenvalue weighted by molar-refractivity contribution is -0.539. The Labute approximate surface area is 100 Å². The van der Waals surface area contributed by atoms with Crippen LogP contribution in [-0.2, 0) is 12.3 Å². The monoisotopic (exact) mass is 237 g/mol. The molecule has 0 saturated heterocycles. The number of hydroxylamine groups is 3. The maximum absolute atomic E-state index is 12.3. The second kappa shape index (κ2) is 3.22.